The molecule has 54 heavy (non-hydrogen) atoms. The zero-order valence-corrected chi connectivity index (χ0v) is 32.9. The number of hydrogen-bond donors (Lipinski definition) is 0. The smallest absolute Gasteiger partial charge is 0.139 e. The third kappa shape index (κ3) is 4.30. The van der Waals surface area contributed by atoms with E-state index in [0.717, 1.165) is 33.9 Å². The van der Waals surface area contributed by atoms with Gasteiger partial charge in [0.05, 0.1) is 5.69 Å². The number of benzene rings is 6. The molecule has 3 heterocycles. The highest BCUT2D eigenvalue weighted by atomic mass is 32.2. The Morgan fingerprint density at radius 1 is 0.444 bits per heavy atom. The van der Waals surface area contributed by atoms with Gasteiger partial charge in [-0.25, -0.2) is 0 Å². The first-order valence-electron chi connectivity index (χ1n) is 18.9. The number of pyridine rings is 1. The summed E-state index contributed by atoms with van der Waals surface area (Å²) in [6.45, 7) is 14.1. The highest BCUT2D eigenvalue weighted by Crippen LogP contribution is 2.61. The molecule has 0 amide bonds. The van der Waals surface area contributed by atoms with E-state index in [1.807, 2.05) is 29.7 Å². The van der Waals surface area contributed by atoms with Gasteiger partial charge in [0.2, 0.25) is 0 Å². The quantitative estimate of drug-likeness (QED) is 0.176. The summed E-state index contributed by atoms with van der Waals surface area (Å²) in [6, 6.07) is 45.0. The maximum Gasteiger partial charge on any atom is 0.139 e. The van der Waals surface area contributed by atoms with Crippen molar-refractivity contribution < 1.29 is 4.74 Å². The Labute approximate surface area is 326 Å². The van der Waals surface area contributed by atoms with Crippen LogP contribution in [0.2, 0.25) is 0 Å². The highest BCUT2D eigenvalue weighted by molar-refractivity contribution is 8.05. The first kappa shape index (κ1) is 32.4. The highest BCUT2D eigenvalue weighted by Gasteiger charge is 2.44. The van der Waals surface area contributed by atoms with Gasteiger partial charge in [-0.15, -0.1) is 0 Å². The molecule has 11 rings (SSSR count). The van der Waals surface area contributed by atoms with Crippen LogP contribution in [-0.2, 0) is 16.2 Å². The van der Waals surface area contributed by atoms with Gasteiger partial charge in [0.15, 0.2) is 0 Å². The Morgan fingerprint density at radius 2 is 1.07 bits per heavy atom. The molecule has 4 aliphatic rings. The maximum atomic E-state index is 7.20. The number of ether oxygens (including phenoxy) is 1. The summed E-state index contributed by atoms with van der Waals surface area (Å²) in [4.78, 5) is 10.4. The Kier molecular flexibility index (Phi) is 6.62. The zero-order chi connectivity index (χ0) is 36.7. The molecule has 0 saturated heterocycles. The third-order valence-corrected chi connectivity index (χ3v) is 15.3. The van der Waals surface area contributed by atoms with Gasteiger partial charge in [-0.1, -0.05) is 150 Å². The molecule has 0 spiro atoms. The molecule has 262 valence electrons. The van der Waals surface area contributed by atoms with Gasteiger partial charge in [0.25, 0.3) is 0 Å². The number of fused-ring (bicyclic) bond motifs is 12. The van der Waals surface area contributed by atoms with Crippen molar-refractivity contribution in [1.29, 1.82) is 0 Å². The van der Waals surface area contributed by atoms with Gasteiger partial charge in [-0.2, -0.15) is 0 Å². The Balaban J connectivity index is 1.01. The molecule has 6 aromatic carbocycles. The van der Waals surface area contributed by atoms with Crippen LogP contribution in [0.15, 0.2) is 147 Å². The molecule has 2 nitrogen and oxygen atoms in total. The molecule has 7 aromatic rings. The Bertz CT molecular complexity index is 2790. The fourth-order valence-corrected chi connectivity index (χ4v) is 12.1. The third-order valence-electron chi connectivity index (χ3n) is 12.7. The van der Waals surface area contributed by atoms with Gasteiger partial charge >= 0.3 is 0 Å². The zero-order valence-electron chi connectivity index (χ0n) is 31.3. The molecule has 1 aromatic heterocycles. The normalized spacial score (nSPS) is 16.8. The minimum absolute atomic E-state index is 0.0946. The lowest BCUT2D eigenvalue weighted by Gasteiger charge is -2.37. The lowest BCUT2D eigenvalue weighted by atomic mass is 9.73. The van der Waals surface area contributed by atoms with Crippen LogP contribution in [0.5, 0.6) is 11.5 Å². The standard InChI is InChI=1S/C50H39NOS2/c1-48(2)33-14-8-7-12-31(33)43-34(48)20-21-37-46(43)52-45-30(13-11-15-36(45)50(37,5)6)28-24-25-51-39(27-28)29-18-19-32-38(26-29)49(3,4)35-22-23-42-47(44(32)35)54-41-17-10-9-16-40(41)53-42/h7-27H,1-6H3. The molecule has 0 bridgehead atoms. The van der Waals surface area contributed by atoms with E-state index in [4.69, 9.17) is 9.72 Å². The number of aromatic nitrogens is 1. The topological polar surface area (TPSA) is 22.1 Å². The average molecular weight is 734 g/mol. The van der Waals surface area contributed by atoms with Crippen LogP contribution in [0.3, 0.4) is 0 Å². The lowest BCUT2D eigenvalue weighted by molar-refractivity contribution is 0.420. The molecule has 0 fully saturated rings. The maximum absolute atomic E-state index is 7.20. The SMILES string of the molecule is CC1(C)c2cccc(-c3ccnc(-c4ccc5c(c4)C(C)(C)c4ccc6c(c4-5)Sc4ccccc4S6)c3)c2Oc2c1ccc1c2-c2ccccc2C1(C)C. The van der Waals surface area contributed by atoms with Crippen molar-refractivity contribution in [2.24, 2.45) is 0 Å². The molecule has 2 aliphatic heterocycles. The minimum Gasteiger partial charge on any atom is -0.455 e. The van der Waals surface area contributed by atoms with Crippen molar-refractivity contribution in [2.75, 3.05) is 0 Å². The molecule has 0 atom stereocenters. The number of hydrogen-bond acceptors (Lipinski definition) is 4. The van der Waals surface area contributed by atoms with Crippen LogP contribution in [0.25, 0.3) is 44.6 Å². The fraction of sp³-hybridized carbons (Fsp3) is 0.180. The average Bonchev–Trinajstić information content (AvgIpc) is 3.56. The predicted molar refractivity (Wildman–Crippen MR) is 224 cm³/mol. The van der Waals surface area contributed by atoms with Gasteiger partial charge in [-0.3, -0.25) is 4.98 Å². The summed E-state index contributed by atoms with van der Waals surface area (Å²) in [5, 5.41) is 0. The second-order valence-corrected chi connectivity index (χ2v) is 18.9. The summed E-state index contributed by atoms with van der Waals surface area (Å²) in [5.74, 6) is 1.93. The first-order valence-corrected chi connectivity index (χ1v) is 20.5. The van der Waals surface area contributed by atoms with Gasteiger partial charge in [0, 0.05) is 75.4 Å². The Morgan fingerprint density at radius 3 is 1.93 bits per heavy atom. The van der Waals surface area contributed by atoms with Crippen LogP contribution in [-0.4, -0.2) is 4.98 Å². The fourth-order valence-electron chi connectivity index (χ4n) is 9.69. The molecular formula is C50H39NOS2. The summed E-state index contributed by atoms with van der Waals surface area (Å²) in [6.07, 6.45) is 1.96. The minimum atomic E-state index is -0.246. The van der Waals surface area contributed by atoms with E-state index in [1.54, 1.807) is 0 Å². The van der Waals surface area contributed by atoms with Crippen molar-refractivity contribution in [3.05, 3.63) is 161 Å². The van der Waals surface area contributed by atoms with E-state index < -0.39 is 0 Å². The van der Waals surface area contributed by atoms with Crippen molar-refractivity contribution in [3.8, 4) is 56.1 Å². The summed E-state index contributed by atoms with van der Waals surface area (Å²) >= 11 is 3.81. The summed E-state index contributed by atoms with van der Waals surface area (Å²) < 4.78 is 7.20. The molecule has 0 saturated carbocycles. The van der Waals surface area contributed by atoms with E-state index in [0.29, 0.717) is 0 Å². The van der Waals surface area contributed by atoms with Crippen molar-refractivity contribution in [1.82, 2.24) is 4.98 Å². The van der Waals surface area contributed by atoms with Gasteiger partial charge < -0.3 is 4.74 Å². The monoisotopic (exact) mass is 733 g/mol. The number of para-hydroxylation sites is 1. The van der Waals surface area contributed by atoms with Crippen molar-refractivity contribution in [3.63, 3.8) is 0 Å². The number of nitrogens with zero attached hydrogens (tertiary/aromatic N) is 1. The molecule has 2 aliphatic carbocycles. The van der Waals surface area contributed by atoms with Crippen molar-refractivity contribution >= 4 is 23.5 Å². The molecular weight excluding hydrogens is 695 g/mol. The molecule has 0 radical (unpaired) electrons. The van der Waals surface area contributed by atoms with E-state index in [9.17, 15) is 0 Å². The van der Waals surface area contributed by atoms with E-state index in [1.165, 1.54) is 75.2 Å². The van der Waals surface area contributed by atoms with Gasteiger partial charge in [0.1, 0.15) is 11.5 Å². The van der Waals surface area contributed by atoms with Crippen LogP contribution >= 0.6 is 23.5 Å². The van der Waals surface area contributed by atoms with E-state index in [-0.39, 0.29) is 16.2 Å². The molecule has 0 unspecified atom stereocenters. The van der Waals surface area contributed by atoms with Crippen molar-refractivity contribution in [2.45, 2.75) is 77.4 Å². The second-order valence-electron chi connectivity index (χ2n) is 16.7. The van der Waals surface area contributed by atoms with Crippen LogP contribution in [0.1, 0.15) is 74.9 Å². The first-order chi connectivity index (χ1) is 26.0. The molecule has 0 N–H and O–H groups in total. The largest absolute Gasteiger partial charge is 0.455 e. The van der Waals surface area contributed by atoms with E-state index in [2.05, 4.69) is 163 Å². The number of rotatable bonds is 2. The Hall–Kier alpha value is -5.03. The van der Waals surface area contributed by atoms with Crippen LogP contribution in [0, 0.1) is 0 Å². The van der Waals surface area contributed by atoms with Gasteiger partial charge in [-0.05, 0) is 75.3 Å². The van der Waals surface area contributed by atoms with Crippen LogP contribution in [0.4, 0.5) is 0 Å². The summed E-state index contributed by atoms with van der Waals surface area (Å²) in [5.41, 5.74) is 16.9. The predicted octanol–water partition coefficient (Wildman–Crippen LogP) is 14.1. The lowest BCUT2D eigenvalue weighted by Crippen LogP contribution is -2.25. The van der Waals surface area contributed by atoms with E-state index >= 15 is 0 Å². The molecule has 4 heteroatoms. The summed E-state index contributed by atoms with van der Waals surface area (Å²) in [7, 11) is 0. The second kappa shape index (κ2) is 11.0. The van der Waals surface area contributed by atoms with Crippen LogP contribution < -0.4 is 4.74 Å².